The summed E-state index contributed by atoms with van der Waals surface area (Å²) in [5.74, 6) is 0. The molecule has 1 nitrogen and oxygen atoms in total. The third kappa shape index (κ3) is 1.95. The highest BCUT2D eigenvalue weighted by atomic mass is 16.1. The molecule has 0 saturated heterocycles. The lowest BCUT2D eigenvalue weighted by molar-refractivity contribution is -0.113. The van der Waals surface area contributed by atoms with Crippen LogP contribution in [-0.4, -0.2) is 6.29 Å². The zero-order chi connectivity index (χ0) is 9.36. The molecule has 0 aromatic heterocycles. The first-order valence-corrected chi connectivity index (χ1v) is 5.65. The van der Waals surface area contributed by atoms with Gasteiger partial charge in [0.05, 0.1) is 0 Å². The second kappa shape index (κ2) is 3.11. The molecule has 0 amide bonds. The standard InChI is InChI=1S/C12H20O/c1-11(5-3-2-4-6-11)9-12(10-13)7-8-12/h10H,2-9H2,1H3. The minimum atomic E-state index is 0.131. The maximum atomic E-state index is 10.9. The van der Waals surface area contributed by atoms with Crippen LogP contribution in [0.4, 0.5) is 0 Å². The summed E-state index contributed by atoms with van der Waals surface area (Å²) in [4.78, 5) is 10.9. The summed E-state index contributed by atoms with van der Waals surface area (Å²) in [7, 11) is 0. The van der Waals surface area contributed by atoms with Gasteiger partial charge in [0.2, 0.25) is 0 Å². The molecule has 74 valence electrons. The smallest absolute Gasteiger partial charge is 0.126 e. The van der Waals surface area contributed by atoms with Crippen molar-refractivity contribution >= 4 is 6.29 Å². The Kier molecular flexibility index (Phi) is 2.21. The fourth-order valence-electron chi connectivity index (χ4n) is 2.93. The topological polar surface area (TPSA) is 17.1 Å². The lowest BCUT2D eigenvalue weighted by atomic mass is 9.70. The largest absolute Gasteiger partial charge is 0.303 e. The van der Waals surface area contributed by atoms with E-state index in [2.05, 4.69) is 6.92 Å². The molecule has 0 atom stereocenters. The van der Waals surface area contributed by atoms with Crippen molar-refractivity contribution in [1.82, 2.24) is 0 Å². The average molecular weight is 180 g/mol. The van der Waals surface area contributed by atoms with Crippen molar-refractivity contribution in [2.24, 2.45) is 10.8 Å². The normalized spacial score (nSPS) is 29.6. The maximum Gasteiger partial charge on any atom is 0.126 e. The maximum absolute atomic E-state index is 10.9. The van der Waals surface area contributed by atoms with Gasteiger partial charge in [0.1, 0.15) is 6.29 Å². The highest BCUT2D eigenvalue weighted by Crippen LogP contribution is 2.55. The van der Waals surface area contributed by atoms with Gasteiger partial charge in [-0.05, 0) is 37.5 Å². The van der Waals surface area contributed by atoms with Crippen LogP contribution >= 0.6 is 0 Å². The van der Waals surface area contributed by atoms with Crippen molar-refractivity contribution in [1.29, 1.82) is 0 Å². The fourth-order valence-corrected chi connectivity index (χ4v) is 2.93. The third-order valence-corrected chi connectivity index (χ3v) is 3.98. The SMILES string of the molecule is CC1(CC2(C=O)CC2)CCCCC1. The van der Waals surface area contributed by atoms with Crippen LogP contribution in [0.2, 0.25) is 0 Å². The molecular formula is C12H20O. The van der Waals surface area contributed by atoms with Crippen LogP contribution in [0, 0.1) is 10.8 Å². The Labute approximate surface area is 80.9 Å². The lowest BCUT2D eigenvalue weighted by Crippen LogP contribution is -2.24. The van der Waals surface area contributed by atoms with Gasteiger partial charge in [-0.15, -0.1) is 0 Å². The number of hydrogen-bond acceptors (Lipinski definition) is 1. The zero-order valence-corrected chi connectivity index (χ0v) is 8.64. The van der Waals surface area contributed by atoms with Crippen LogP contribution in [-0.2, 0) is 4.79 Å². The highest BCUT2D eigenvalue weighted by Gasteiger charge is 2.47. The number of carbonyl (C=O) groups excluding carboxylic acids is 1. The molecule has 0 aromatic carbocycles. The van der Waals surface area contributed by atoms with E-state index in [1.165, 1.54) is 44.8 Å². The third-order valence-electron chi connectivity index (χ3n) is 3.98. The summed E-state index contributed by atoms with van der Waals surface area (Å²) < 4.78 is 0. The van der Waals surface area contributed by atoms with E-state index >= 15 is 0 Å². The predicted molar refractivity (Wildman–Crippen MR) is 53.5 cm³/mol. The fraction of sp³-hybridized carbons (Fsp3) is 0.917. The van der Waals surface area contributed by atoms with Crippen LogP contribution in [0.5, 0.6) is 0 Å². The van der Waals surface area contributed by atoms with Crippen molar-refractivity contribution < 1.29 is 4.79 Å². The van der Waals surface area contributed by atoms with E-state index in [4.69, 9.17) is 0 Å². The molecule has 2 saturated carbocycles. The average Bonchev–Trinajstić information content (AvgIpc) is 2.86. The van der Waals surface area contributed by atoms with Gasteiger partial charge < -0.3 is 4.79 Å². The Hall–Kier alpha value is -0.330. The second-order valence-electron chi connectivity index (χ2n) is 5.53. The highest BCUT2D eigenvalue weighted by molar-refractivity contribution is 5.63. The molecule has 2 fully saturated rings. The molecule has 0 aromatic rings. The van der Waals surface area contributed by atoms with Gasteiger partial charge in [0.25, 0.3) is 0 Å². The molecule has 0 spiro atoms. The van der Waals surface area contributed by atoms with Gasteiger partial charge in [-0.3, -0.25) is 0 Å². The van der Waals surface area contributed by atoms with Gasteiger partial charge in [0.15, 0.2) is 0 Å². The predicted octanol–water partition coefficient (Wildman–Crippen LogP) is 3.33. The number of rotatable bonds is 3. The molecule has 1 heteroatoms. The molecule has 2 rings (SSSR count). The van der Waals surface area contributed by atoms with E-state index in [0.717, 1.165) is 12.8 Å². The minimum absolute atomic E-state index is 0.131. The molecule has 0 N–H and O–H groups in total. The van der Waals surface area contributed by atoms with E-state index in [9.17, 15) is 4.79 Å². The Bertz CT molecular complexity index is 197. The monoisotopic (exact) mass is 180 g/mol. The van der Waals surface area contributed by atoms with E-state index in [-0.39, 0.29) is 5.41 Å². The molecule has 0 radical (unpaired) electrons. The molecule has 0 bridgehead atoms. The van der Waals surface area contributed by atoms with Crippen LogP contribution in [0.15, 0.2) is 0 Å². The van der Waals surface area contributed by atoms with Gasteiger partial charge in [-0.2, -0.15) is 0 Å². The zero-order valence-electron chi connectivity index (χ0n) is 8.64. The van der Waals surface area contributed by atoms with E-state index in [1.54, 1.807) is 0 Å². The summed E-state index contributed by atoms with van der Waals surface area (Å²) >= 11 is 0. The number of carbonyl (C=O) groups is 1. The first kappa shape index (κ1) is 9.23. The minimum Gasteiger partial charge on any atom is -0.303 e. The van der Waals surface area contributed by atoms with E-state index in [0.29, 0.717) is 5.41 Å². The van der Waals surface area contributed by atoms with Crippen LogP contribution in [0.3, 0.4) is 0 Å². The Morgan fingerprint density at radius 2 is 1.69 bits per heavy atom. The molecule has 0 heterocycles. The summed E-state index contributed by atoms with van der Waals surface area (Å²) in [6, 6.07) is 0. The number of aldehydes is 1. The van der Waals surface area contributed by atoms with E-state index < -0.39 is 0 Å². The van der Waals surface area contributed by atoms with Crippen LogP contribution in [0.25, 0.3) is 0 Å². The van der Waals surface area contributed by atoms with Crippen LogP contribution in [0.1, 0.15) is 58.3 Å². The van der Waals surface area contributed by atoms with Gasteiger partial charge >= 0.3 is 0 Å². The van der Waals surface area contributed by atoms with Crippen molar-refractivity contribution in [2.75, 3.05) is 0 Å². The molecule has 2 aliphatic rings. The van der Waals surface area contributed by atoms with Crippen molar-refractivity contribution in [3.8, 4) is 0 Å². The summed E-state index contributed by atoms with van der Waals surface area (Å²) in [5, 5.41) is 0. The van der Waals surface area contributed by atoms with Gasteiger partial charge in [0, 0.05) is 5.41 Å². The first-order chi connectivity index (χ1) is 6.18. The number of hydrogen-bond donors (Lipinski definition) is 0. The second-order valence-corrected chi connectivity index (χ2v) is 5.53. The molecule has 13 heavy (non-hydrogen) atoms. The van der Waals surface area contributed by atoms with Crippen molar-refractivity contribution in [3.05, 3.63) is 0 Å². The molecule has 0 unspecified atom stereocenters. The summed E-state index contributed by atoms with van der Waals surface area (Å²) in [6.45, 7) is 2.38. The van der Waals surface area contributed by atoms with Gasteiger partial charge in [-0.25, -0.2) is 0 Å². The first-order valence-electron chi connectivity index (χ1n) is 5.65. The van der Waals surface area contributed by atoms with Gasteiger partial charge in [-0.1, -0.05) is 26.2 Å². The van der Waals surface area contributed by atoms with Crippen LogP contribution < -0.4 is 0 Å². The molecule has 0 aliphatic heterocycles. The lowest BCUT2D eigenvalue weighted by Gasteiger charge is -2.35. The Morgan fingerprint density at radius 1 is 1.08 bits per heavy atom. The van der Waals surface area contributed by atoms with E-state index in [1.807, 2.05) is 0 Å². The van der Waals surface area contributed by atoms with Crippen molar-refractivity contribution in [3.63, 3.8) is 0 Å². The summed E-state index contributed by atoms with van der Waals surface area (Å²) in [6.07, 6.45) is 11.6. The Balaban J connectivity index is 1.95. The molecule has 2 aliphatic carbocycles. The quantitative estimate of drug-likeness (QED) is 0.609. The Morgan fingerprint density at radius 3 is 2.15 bits per heavy atom. The molecular weight excluding hydrogens is 160 g/mol. The summed E-state index contributed by atoms with van der Waals surface area (Å²) in [5.41, 5.74) is 0.627. The van der Waals surface area contributed by atoms with Crippen molar-refractivity contribution in [2.45, 2.75) is 58.3 Å².